The number of hydrogen-bond acceptors (Lipinski definition) is 9. The first-order valence-corrected chi connectivity index (χ1v) is 15.8. The van der Waals surface area contributed by atoms with Crippen LogP contribution in [0.3, 0.4) is 0 Å². The number of nitrogens with one attached hydrogen (secondary N) is 2. The van der Waals surface area contributed by atoms with E-state index in [0.717, 1.165) is 41.5 Å². The Labute approximate surface area is 275 Å². The van der Waals surface area contributed by atoms with Crippen LogP contribution in [0.15, 0.2) is 65.7 Å². The van der Waals surface area contributed by atoms with Crippen LogP contribution in [-0.4, -0.2) is 57.3 Å². The van der Waals surface area contributed by atoms with E-state index >= 15 is 0 Å². The quantitative estimate of drug-likeness (QED) is 0.198. The molecule has 2 aromatic carbocycles. The van der Waals surface area contributed by atoms with E-state index in [4.69, 9.17) is 37.7 Å². The molecule has 5 aromatic rings. The smallest absolute Gasteiger partial charge is 0.278 e. The number of aliphatic hydroxyl groups is 1. The molecular weight excluding hydrogens is 627 g/mol. The van der Waals surface area contributed by atoms with E-state index in [-0.39, 0.29) is 17.6 Å². The third-order valence-corrected chi connectivity index (χ3v) is 9.59. The van der Waals surface area contributed by atoms with E-state index in [9.17, 15) is 9.90 Å². The molecular formula is C34H32Cl2N6O4. The van der Waals surface area contributed by atoms with Crippen molar-refractivity contribution < 1.29 is 14.6 Å². The Balaban J connectivity index is 1.23. The summed E-state index contributed by atoms with van der Waals surface area (Å²) in [5.74, 6) is 0.923. The fraction of sp³-hybridized carbons (Fsp3) is 0.294. The monoisotopic (exact) mass is 658 g/mol. The Kier molecular flexibility index (Phi) is 8.39. The van der Waals surface area contributed by atoms with Gasteiger partial charge in [-0.3, -0.25) is 4.79 Å². The van der Waals surface area contributed by atoms with Crippen molar-refractivity contribution in [3.05, 3.63) is 92.5 Å². The normalized spacial score (nSPS) is 19.3. The van der Waals surface area contributed by atoms with Crippen molar-refractivity contribution in [3.8, 4) is 28.3 Å². The predicted octanol–water partition coefficient (Wildman–Crippen LogP) is 5.84. The van der Waals surface area contributed by atoms with E-state index < -0.39 is 6.10 Å². The summed E-state index contributed by atoms with van der Waals surface area (Å²) >= 11 is 14.1. The maximum absolute atomic E-state index is 12.9. The Morgan fingerprint density at radius 2 is 1.85 bits per heavy atom. The predicted molar refractivity (Wildman–Crippen MR) is 179 cm³/mol. The van der Waals surface area contributed by atoms with Crippen molar-refractivity contribution in [1.29, 1.82) is 0 Å². The van der Waals surface area contributed by atoms with Gasteiger partial charge in [-0.05, 0) is 43.0 Å². The first-order chi connectivity index (χ1) is 22.3. The lowest BCUT2D eigenvalue weighted by Crippen LogP contribution is -2.47. The average Bonchev–Trinajstić information content (AvgIpc) is 3.47. The number of anilines is 2. The molecule has 0 saturated carbocycles. The number of fused-ring (bicyclic) bond motifs is 2. The third kappa shape index (κ3) is 5.50. The zero-order chi connectivity index (χ0) is 31.9. The lowest BCUT2D eigenvalue weighted by Gasteiger charge is -2.31. The number of aromatic nitrogens is 4. The molecule has 3 aromatic heterocycles. The van der Waals surface area contributed by atoms with Crippen molar-refractivity contribution in [2.24, 2.45) is 7.05 Å². The zero-order valence-corrected chi connectivity index (χ0v) is 26.8. The summed E-state index contributed by atoms with van der Waals surface area (Å²) in [7, 11) is 3.22. The molecule has 7 rings (SSSR count). The van der Waals surface area contributed by atoms with Crippen LogP contribution in [0, 0.1) is 0 Å². The first kappa shape index (κ1) is 30.6. The standard InChI is InChI=1S/C34H32Cl2N6O4/c1-42-34(44)29-19(16-38-42)11-13-37-32(29)40-25-8-4-6-21(31(25)36)20-5-3-7-22(30(20)35)26-15-18-9-10-24(28(18)33(41-26)45-2)39-23-12-14-46-17-27(23)43/h3-8,11,13,15-16,23-24,27,39,43H,9-10,12,14,17H2,1-2H3,(H,37,40)/t23-,24+,27-/m1/s1. The highest BCUT2D eigenvalue weighted by Gasteiger charge is 2.33. The SMILES string of the molecule is COc1nc(-c2cccc(-c3cccc(Nc4nccc5cnn(C)c(=O)c45)c3Cl)c2Cl)cc2c1[C@@H](N[C@@H]1CCOC[C@H]1O)CC2. The van der Waals surface area contributed by atoms with Crippen LogP contribution in [-0.2, 0) is 18.2 Å². The van der Waals surface area contributed by atoms with E-state index in [0.29, 0.717) is 62.7 Å². The number of benzene rings is 2. The summed E-state index contributed by atoms with van der Waals surface area (Å²) < 4.78 is 12.5. The minimum absolute atomic E-state index is 0.0211. The number of nitrogens with zero attached hydrogens (tertiary/aromatic N) is 4. The Morgan fingerprint density at radius 1 is 1.07 bits per heavy atom. The second-order valence-electron chi connectivity index (χ2n) is 11.5. The number of halogens is 2. The lowest BCUT2D eigenvalue weighted by molar-refractivity contribution is -0.0304. The van der Waals surface area contributed by atoms with Gasteiger partial charge in [0.2, 0.25) is 5.88 Å². The second-order valence-corrected chi connectivity index (χ2v) is 12.3. The molecule has 0 spiro atoms. The maximum atomic E-state index is 12.9. The topological polar surface area (TPSA) is 123 Å². The van der Waals surface area contributed by atoms with E-state index in [2.05, 4.69) is 26.8 Å². The van der Waals surface area contributed by atoms with Gasteiger partial charge in [-0.1, -0.05) is 53.5 Å². The summed E-state index contributed by atoms with van der Waals surface area (Å²) in [6, 6.07) is 15.2. The number of aryl methyl sites for hydroxylation is 2. The van der Waals surface area contributed by atoms with Crippen LogP contribution in [0.4, 0.5) is 11.5 Å². The van der Waals surface area contributed by atoms with Gasteiger partial charge in [0.15, 0.2) is 0 Å². The molecule has 1 aliphatic heterocycles. The third-order valence-electron chi connectivity index (χ3n) is 8.77. The molecule has 1 saturated heterocycles. The van der Waals surface area contributed by atoms with Gasteiger partial charge >= 0.3 is 0 Å². The largest absolute Gasteiger partial charge is 0.481 e. The molecule has 10 nitrogen and oxygen atoms in total. The fourth-order valence-electron chi connectivity index (χ4n) is 6.41. The van der Waals surface area contributed by atoms with Crippen LogP contribution in [0.5, 0.6) is 5.88 Å². The van der Waals surface area contributed by atoms with Gasteiger partial charge in [0, 0.05) is 59.6 Å². The fourth-order valence-corrected chi connectivity index (χ4v) is 7.01. The van der Waals surface area contributed by atoms with Gasteiger partial charge in [0.05, 0.1) is 52.8 Å². The second kappa shape index (κ2) is 12.6. The van der Waals surface area contributed by atoms with Crippen molar-refractivity contribution in [3.63, 3.8) is 0 Å². The highest BCUT2D eigenvalue weighted by molar-refractivity contribution is 6.39. The van der Waals surface area contributed by atoms with Gasteiger partial charge in [0.1, 0.15) is 5.82 Å². The number of rotatable bonds is 7. The summed E-state index contributed by atoms with van der Waals surface area (Å²) in [6.45, 7) is 0.958. The van der Waals surface area contributed by atoms with Gasteiger partial charge in [-0.25, -0.2) is 14.6 Å². The summed E-state index contributed by atoms with van der Waals surface area (Å²) in [6.07, 6.45) is 5.16. The maximum Gasteiger partial charge on any atom is 0.278 e. The molecule has 46 heavy (non-hydrogen) atoms. The van der Waals surface area contributed by atoms with Crippen LogP contribution in [0.2, 0.25) is 10.0 Å². The van der Waals surface area contributed by atoms with Crippen molar-refractivity contribution >= 4 is 45.5 Å². The molecule has 0 unspecified atom stereocenters. The minimum atomic E-state index is -0.550. The van der Waals surface area contributed by atoms with Gasteiger partial charge < -0.3 is 25.2 Å². The first-order valence-electron chi connectivity index (χ1n) is 15.1. The Morgan fingerprint density at radius 3 is 2.65 bits per heavy atom. The molecule has 3 N–H and O–H groups in total. The summed E-state index contributed by atoms with van der Waals surface area (Å²) in [5.41, 5.74) is 5.35. The zero-order valence-electron chi connectivity index (χ0n) is 25.3. The van der Waals surface area contributed by atoms with Crippen LogP contribution in [0.25, 0.3) is 33.2 Å². The molecule has 4 heterocycles. The molecule has 0 radical (unpaired) electrons. The average molecular weight is 660 g/mol. The number of ether oxygens (including phenoxy) is 2. The van der Waals surface area contributed by atoms with Crippen LogP contribution >= 0.6 is 23.2 Å². The lowest BCUT2D eigenvalue weighted by atomic mass is 9.99. The van der Waals surface area contributed by atoms with E-state index in [1.807, 2.05) is 36.4 Å². The highest BCUT2D eigenvalue weighted by Crippen LogP contribution is 2.44. The molecule has 1 aliphatic carbocycles. The summed E-state index contributed by atoms with van der Waals surface area (Å²) in [4.78, 5) is 22.2. The molecule has 3 atom stereocenters. The van der Waals surface area contributed by atoms with Gasteiger partial charge in [-0.15, -0.1) is 0 Å². The minimum Gasteiger partial charge on any atom is -0.481 e. The Bertz CT molecular complexity index is 2020. The van der Waals surface area contributed by atoms with Crippen molar-refractivity contribution in [2.75, 3.05) is 25.6 Å². The van der Waals surface area contributed by atoms with Crippen molar-refractivity contribution in [1.82, 2.24) is 25.1 Å². The molecule has 12 heteroatoms. The molecule has 236 valence electrons. The van der Waals surface area contributed by atoms with Crippen molar-refractivity contribution in [2.45, 2.75) is 37.5 Å². The number of methoxy groups -OCH3 is 1. The highest BCUT2D eigenvalue weighted by atomic mass is 35.5. The number of aliphatic hydroxyl groups excluding tert-OH is 1. The van der Waals surface area contributed by atoms with E-state index in [1.54, 1.807) is 32.6 Å². The Hall–Kier alpha value is -4.06. The number of pyridine rings is 2. The van der Waals surface area contributed by atoms with Crippen LogP contribution < -0.4 is 20.9 Å². The molecule has 2 aliphatic rings. The molecule has 0 amide bonds. The molecule has 1 fully saturated rings. The van der Waals surface area contributed by atoms with Gasteiger partial charge in [-0.2, -0.15) is 5.10 Å². The molecule has 0 bridgehead atoms. The summed E-state index contributed by atoms with van der Waals surface area (Å²) in [5, 5.41) is 23.4. The van der Waals surface area contributed by atoms with Gasteiger partial charge in [0.25, 0.3) is 5.56 Å². The number of hydrogen-bond donors (Lipinski definition) is 3. The van der Waals surface area contributed by atoms with E-state index in [1.165, 1.54) is 4.68 Å². The van der Waals surface area contributed by atoms with Crippen LogP contribution in [0.1, 0.15) is 30.0 Å².